The molecular weight excluding hydrogens is 367 g/mol. The van der Waals surface area contributed by atoms with Gasteiger partial charge in [-0.1, -0.05) is 49.7 Å². The van der Waals surface area contributed by atoms with Crippen LogP contribution in [0.2, 0.25) is 0 Å². The number of fused-ring (bicyclic) bond motifs is 1. The van der Waals surface area contributed by atoms with Crippen LogP contribution < -0.4 is 10.0 Å². The van der Waals surface area contributed by atoms with Gasteiger partial charge in [-0.2, -0.15) is 0 Å². The Kier molecular flexibility index (Phi) is 5.07. The zero-order valence-electron chi connectivity index (χ0n) is 16.4. The molecule has 0 saturated heterocycles. The van der Waals surface area contributed by atoms with Crippen LogP contribution in [0.15, 0.2) is 71.6 Å². The molecule has 0 spiro atoms. The van der Waals surface area contributed by atoms with Gasteiger partial charge in [0, 0.05) is 16.3 Å². The van der Waals surface area contributed by atoms with Gasteiger partial charge in [-0.05, 0) is 78.2 Å². The maximum atomic E-state index is 13.4. The second-order valence-corrected chi connectivity index (χ2v) is 9.00. The molecule has 4 heteroatoms. The van der Waals surface area contributed by atoms with Crippen LogP contribution in [-0.2, 0) is 5.41 Å². The van der Waals surface area contributed by atoms with Crippen LogP contribution in [0.4, 0.5) is 15.8 Å². The molecule has 0 radical (unpaired) electrons. The molecule has 3 aromatic rings. The van der Waals surface area contributed by atoms with E-state index in [0.29, 0.717) is 0 Å². The van der Waals surface area contributed by atoms with E-state index in [0.717, 1.165) is 17.0 Å². The second kappa shape index (κ2) is 7.51. The van der Waals surface area contributed by atoms with Gasteiger partial charge in [-0.25, -0.2) is 4.39 Å². The highest BCUT2D eigenvalue weighted by Gasteiger charge is 2.33. The van der Waals surface area contributed by atoms with Crippen molar-refractivity contribution in [2.75, 3.05) is 10.0 Å². The predicted octanol–water partition coefficient (Wildman–Crippen LogP) is 7.09. The van der Waals surface area contributed by atoms with Gasteiger partial charge in [0.1, 0.15) is 5.82 Å². The maximum absolute atomic E-state index is 13.4. The number of hydrogen-bond donors (Lipinski definition) is 2. The summed E-state index contributed by atoms with van der Waals surface area (Å²) in [6.45, 7) is 6.79. The molecule has 4 rings (SSSR count). The fourth-order valence-electron chi connectivity index (χ4n) is 3.87. The third-order valence-corrected chi connectivity index (χ3v) is 6.15. The van der Waals surface area contributed by atoms with Crippen molar-refractivity contribution in [2.24, 2.45) is 0 Å². The number of benzene rings is 3. The number of hydrogen-bond acceptors (Lipinski definition) is 3. The highest BCUT2D eigenvalue weighted by atomic mass is 32.2. The lowest BCUT2D eigenvalue weighted by molar-refractivity contribution is 0.427. The first kappa shape index (κ1) is 18.9. The van der Waals surface area contributed by atoms with Crippen molar-refractivity contribution in [3.8, 4) is 0 Å². The van der Waals surface area contributed by atoms with Crippen LogP contribution in [-0.4, -0.2) is 0 Å². The van der Waals surface area contributed by atoms with Crippen LogP contribution in [0.1, 0.15) is 43.0 Å². The number of nitrogens with one attached hydrogen (secondary N) is 2. The molecule has 0 fully saturated rings. The van der Waals surface area contributed by atoms with E-state index in [1.54, 1.807) is 6.07 Å². The summed E-state index contributed by atoms with van der Waals surface area (Å²) in [6.07, 6.45) is 1.03. The molecule has 1 aliphatic rings. The van der Waals surface area contributed by atoms with Gasteiger partial charge in [0.25, 0.3) is 0 Å². The third-order valence-electron chi connectivity index (χ3n) is 5.32. The molecule has 2 N–H and O–H groups in total. The molecule has 28 heavy (non-hydrogen) atoms. The smallest absolute Gasteiger partial charge is 0.124 e. The lowest BCUT2D eigenvalue weighted by Crippen LogP contribution is -2.31. The predicted molar refractivity (Wildman–Crippen MR) is 118 cm³/mol. The van der Waals surface area contributed by atoms with E-state index in [1.165, 1.54) is 46.5 Å². The van der Waals surface area contributed by atoms with Crippen LogP contribution in [0.25, 0.3) is 0 Å². The summed E-state index contributed by atoms with van der Waals surface area (Å²) in [5.74, 6) is -0.219. The Morgan fingerprint density at radius 2 is 1.86 bits per heavy atom. The highest BCUT2D eigenvalue weighted by Crippen LogP contribution is 2.44. The summed E-state index contributed by atoms with van der Waals surface area (Å²) in [4.78, 5) is 0.853. The Bertz CT molecular complexity index is 999. The summed E-state index contributed by atoms with van der Waals surface area (Å²) in [6, 6.07) is 22.0. The summed E-state index contributed by atoms with van der Waals surface area (Å²) in [7, 11) is 0. The van der Waals surface area contributed by atoms with E-state index in [9.17, 15) is 4.39 Å². The fraction of sp³-hybridized carbons (Fsp3) is 0.250. The first-order chi connectivity index (χ1) is 13.4. The molecule has 2 nitrogen and oxygen atoms in total. The van der Waals surface area contributed by atoms with E-state index >= 15 is 0 Å². The number of aryl methyl sites for hydroxylation is 1. The highest BCUT2D eigenvalue weighted by molar-refractivity contribution is 8.00. The van der Waals surface area contributed by atoms with E-state index in [-0.39, 0.29) is 17.3 Å². The van der Waals surface area contributed by atoms with Crippen molar-refractivity contribution < 1.29 is 4.39 Å². The zero-order valence-corrected chi connectivity index (χ0v) is 17.2. The van der Waals surface area contributed by atoms with Gasteiger partial charge in [-0.3, -0.25) is 0 Å². The Morgan fingerprint density at radius 1 is 1.04 bits per heavy atom. The Morgan fingerprint density at radius 3 is 2.68 bits per heavy atom. The minimum Gasteiger partial charge on any atom is -0.378 e. The molecule has 1 unspecified atom stereocenters. The monoisotopic (exact) mass is 392 g/mol. The molecule has 0 aliphatic carbocycles. The standard InChI is InChI=1S/C24H25FN2S/c1-16-10-11-22-21(12-16)24(2,3)15-23(26-22)17-6-4-8-19(13-17)27-28-20-9-5-7-18(25)14-20/h4-14,23,26-27H,15H2,1-3H3. The van der Waals surface area contributed by atoms with Crippen LogP contribution in [0.3, 0.4) is 0 Å². The fourth-order valence-corrected chi connectivity index (χ4v) is 4.55. The maximum Gasteiger partial charge on any atom is 0.124 e. The van der Waals surface area contributed by atoms with E-state index < -0.39 is 0 Å². The molecule has 0 bridgehead atoms. The largest absolute Gasteiger partial charge is 0.378 e. The van der Waals surface area contributed by atoms with Gasteiger partial charge in [0.05, 0.1) is 6.04 Å². The number of halogens is 1. The van der Waals surface area contributed by atoms with Gasteiger partial charge >= 0.3 is 0 Å². The number of rotatable bonds is 4. The zero-order chi connectivity index (χ0) is 19.7. The quantitative estimate of drug-likeness (QED) is 0.464. The molecule has 0 aromatic heterocycles. The normalized spacial score (nSPS) is 17.5. The first-order valence-electron chi connectivity index (χ1n) is 9.57. The molecule has 3 aromatic carbocycles. The topological polar surface area (TPSA) is 24.1 Å². The molecular formula is C24H25FN2S. The summed E-state index contributed by atoms with van der Waals surface area (Å²) in [5, 5.41) is 3.72. The first-order valence-corrected chi connectivity index (χ1v) is 10.4. The van der Waals surface area contributed by atoms with Crippen molar-refractivity contribution in [1.29, 1.82) is 0 Å². The van der Waals surface area contributed by atoms with E-state index in [4.69, 9.17) is 0 Å². The Hall–Kier alpha value is -2.46. The molecule has 0 saturated carbocycles. The molecule has 1 heterocycles. The summed E-state index contributed by atoms with van der Waals surface area (Å²) >= 11 is 1.42. The van der Waals surface area contributed by atoms with Crippen molar-refractivity contribution in [3.63, 3.8) is 0 Å². The second-order valence-electron chi connectivity index (χ2n) is 8.12. The van der Waals surface area contributed by atoms with Crippen LogP contribution in [0.5, 0.6) is 0 Å². The van der Waals surface area contributed by atoms with Crippen molar-refractivity contribution in [3.05, 3.63) is 89.2 Å². The average Bonchev–Trinajstić information content (AvgIpc) is 2.67. The van der Waals surface area contributed by atoms with Gasteiger partial charge in [-0.15, -0.1) is 0 Å². The Labute approximate surface area is 170 Å². The van der Waals surface area contributed by atoms with Gasteiger partial charge in [0.15, 0.2) is 0 Å². The minimum atomic E-state index is -0.219. The molecule has 1 atom stereocenters. The third kappa shape index (κ3) is 4.02. The Balaban J connectivity index is 1.54. The van der Waals surface area contributed by atoms with Gasteiger partial charge in [0.2, 0.25) is 0 Å². The van der Waals surface area contributed by atoms with Crippen molar-refractivity contribution in [2.45, 2.75) is 43.5 Å². The van der Waals surface area contributed by atoms with E-state index in [2.05, 4.69) is 67.2 Å². The van der Waals surface area contributed by atoms with Crippen LogP contribution >= 0.6 is 11.9 Å². The molecule has 144 valence electrons. The minimum absolute atomic E-state index is 0.108. The van der Waals surface area contributed by atoms with Crippen molar-refractivity contribution in [1.82, 2.24) is 0 Å². The van der Waals surface area contributed by atoms with Crippen LogP contribution in [0, 0.1) is 12.7 Å². The van der Waals surface area contributed by atoms with Gasteiger partial charge < -0.3 is 10.0 Å². The molecule has 1 aliphatic heterocycles. The number of anilines is 2. The SMILES string of the molecule is Cc1ccc2c(c1)C(C)(C)CC(c1cccc(NSc3cccc(F)c3)c1)N2. The summed E-state index contributed by atoms with van der Waals surface area (Å²) < 4.78 is 16.7. The average molecular weight is 393 g/mol. The summed E-state index contributed by atoms with van der Waals surface area (Å²) in [5.41, 5.74) is 6.29. The lowest BCUT2D eigenvalue weighted by Gasteiger charge is -2.39. The van der Waals surface area contributed by atoms with Crippen molar-refractivity contribution >= 4 is 23.3 Å². The van der Waals surface area contributed by atoms with E-state index in [1.807, 2.05) is 12.1 Å². The molecule has 0 amide bonds. The lowest BCUT2D eigenvalue weighted by atomic mass is 9.73.